The molecule has 1 aliphatic rings. The molecule has 0 amide bonds. The van der Waals surface area contributed by atoms with E-state index in [-0.39, 0.29) is 11.9 Å². The number of aromatic nitrogens is 2. The molecule has 1 aromatic carbocycles. The summed E-state index contributed by atoms with van der Waals surface area (Å²) in [6.07, 6.45) is 0.990. The molecule has 0 aliphatic carbocycles. The van der Waals surface area contributed by atoms with E-state index < -0.39 is 10.0 Å². The van der Waals surface area contributed by atoms with Crippen molar-refractivity contribution in [1.82, 2.24) is 14.4 Å². The fraction of sp³-hybridized carbons (Fsp3) is 0.529. The first-order valence-electron chi connectivity index (χ1n) is 8.59. The van der Waals surface area contributed by atoms with Crippen LogP contribution in [0.25, 0.3) is 11.5 Å². The van der Waals surface area contributed by atoms with Crippen LogP contribution in [0.15, 0.2) is 28.8 Å². The summed E-state index contributed by atoms with van der Waals surface area (Å²) in [5, 5.41) is 3.94. The van der Waals surface area contributed by atoms with E-state index in [2.05, 4.69) is 10.1 Å². The van der Waals surface area contributed by atoms with Gasteiger partial charge < -0.3 is 14.0 Å². The highest BCUT2D eigenvalue weighted by Gasteiger charge is 2.37. The number of para-hydroxylation sites is 1. The lowest BCUT2D eigenvalue weighted by Crippen LogP contribution is -2.56. The smallest absolute Gasteiger partial charge is 0.261 e. The zero-order valence-corrected chi connectivity index (χ0v) is 15.7. The number of methoxy groups -OCH3 is 1. The van der Waals surface area contributed by atoms with E-state index in [4.69, 9.17) is 14.0 Å². The fourth-order valence-corrected chi connectivity index (χ4v) is 4.23. The van der Waals surface area contributed by atoms with Gasteiger partial charge in [0.05, 0.1) is 31.0 Å². The molecule has 9 heteroatoms. The third-order valence-electron chi connectivity index (χ3n) is 4.08. The van der Waals surface area contributed by atoms with E-state index >= 15 is 0 Å². The van der Waals surface area contributed by atoms with E-state index in [1.165, 1.54) is 4.31 Å². The van der Waals surface area contributed by atoms with Gasteiger partial charge in [-0.2, -0.15) is 9.29 Å². The van der Waals surface area contributed by atoms with Crippen molar-refractivity contribution in [3.63, 3.8) is 0 Å². The summed E-state index contributed by atoms with van der Waals surface area (Å²) in [6.45, 7) is 3.09. The van der Waals surface area contributed by atoms with Crippen LogP contribution in [0, 0.1) is 0 Å². The number of benzene rings is 1. The molecule has 1 aromatic heterocycles. The Kier molecular flexibility index (Phi) is 5.90. The highest BCUT2D eigenvalue weighted by atomic mass is 32.2. The predicted molar refractivity (Wildman–Crippen MR) is 95.4 cm³/mol. The lowest BCUT2D eigenvalue weighted by molar-refractivity contribution is 0.0766. The van der Waals surface area contributed by atoms with Gasteiger partial charge in [-0.1, -0.05) is 24.2 Å². The summed E-state index contributed by atoms with van der Waals surface area (Å²) in [4.78, 5) is 4.36. The van der Waals surface area contributed by atoms with Crippen LogP contribution in [-0.2, 0) is 21.2 Å². The first-order chi connectivity index (χ1) is 12.5. The zero-order chi connectivity index (χ0) is 18.6. The lowest BCUT2D eigenvalue weighted by Gasteiger charge is -2.38. The summed E-state index contributed by atoms with van der Waals surface area (Å²) in [7, 11) is -1.55. The standard InChI is InChI=1S/C17H23N3O5S/c1-3-10-26(21,22)20-11-13(12-20)24-15-7-5-4-6-14(15)17-18-16(19-25-17)8-9-23-2/h4-7,13H,3,8-12H2,1-2H3. The first kappa shape index (κ1) is 18.8. The second kappa shape index (κ2) is 8.15. The maximum absolute atomic E-state index is 12.0. The van der Waals surface area contributed by atoms with Gasteiger partial charge in [0, 0.05) is 13.5 Å². The van der Waals surface area contributed by atoms with Crippen molar-refractivity contribution in [2.75, 3.05) is 32.6 Å². The fourth-order valence-electron chi connectivity index (χ4n) is 2.67. The summed E-state index contributed by atoms with van der Waals surface area (Å²) >= 11 is 0. The molecule has 0 bridgehead atoms. The molecule has 0 unspecified atom stereocenters. The first-order valence-corrected chi connectivity index (χ1v) is 10.2. The van der Waals surface area contributed by atoms with Gasteiger partial charge in [-0.15, -0.1) is 0 Å². The van der Waals surface area contributed by atoms with Crippen LogP contribution in [0.3, 0.4) is 0 Å². The van der Waals surface area contributed by atoms with Crippen LogP contribution in [-0.4, -0.2) is 61.5 Å². The third-order valence-corrected chi connectivity index (χ3v) is 6.09. The van der Waals surface area contributed by atoms with Gasteiger partial charge in [-0.25, -0.2) is 8.42 Å². The van der Waals surface area contributed by atoms with Crippen molar-refractivity contribution in [2.24, 2.45) is 0 Å². The molecule has 0 radical (unpaired) electrons. The van der Waals surface area contributed by atoms with Crippen molar-refractivity contribution in [2.45, 2.75) is 25.9 Å². The minimum atomic E-state index is -3.17. The van der Waals surface area contributed by atoms with Crippen LogP contribution in [0.5, 0.6) is 5.75 Å². The largest absolute Gasteiger partial charge is 0.487 e. The average Bonchev–Trinajstić information content (AvgIpc) is 3.04. The highest BCUT2D eigenvalue weighted by molar-refractivity contribution is 7.89. The lowest BCUT2D eigenvalue weighted by atomic mass is 10.2. The molecule has 0 N–H and O–H groups in total. The van der Waals surface area contributed by atoms with E-state index in [0.717, 1.165) is 0 Å². The van der Waals surface area contributed by atoms with E-state index in [1.807, 2.05) is 31.2 Å². The van der Waals surface area contributed by atoms with E-state index in [9.17, 15) is 8.42 Å². The summed E-state index contributed by atoms with van der Waals surface area (Å²) in [6, 6.07) is 7.37. The van der Waals surface area contributed by atoms with Crippen molar-refractivity contribution in [3.8, 4) is 17.2 Å². The molecule has 0 spiro atoms. The second-order valence-corrected chi connectivity index (χ2v) is 8.22. The van der Waals surface area contributed by atoms with Gasteiger partial charge in [0.15, 0.2) is 5.82 Å². The summed E-state index contributed by atoms with van der Waals surface area (Å²) in [5.74, 6) is 1.72. The van der Waals surface area contributed by atoms with Gasteiger partial charge in [-0.05, 0) is 18.6 Å². The molecule has 26 heavy (non-hydrogen) atoms. The quantitative estimate of drug-likeness (QED) is 0.653. The molecule has 1 aliphatic heterocycles. The molecular weight excluding hydrogens is 358 g/mol. The molecule has 0 saturated carbocycles. The SMILES string of the molecule is CCCS(=O)(=O)N1CC(Oc2ccccc2-c2nc(CCOC)no2)C1. The monoisotopic (exact) mass is 381 g/mol. The molecule has 1 saturated heterocycles. The number of rotatable bonds is 9. The zero-order valence-electron chi connectivity index (χ0n) is 14.9. The predicted octanol–water partition coefficient (Wildman–Crippen LogP) is 1.73. The van der Waals surface area contributed by atoms with Crippen LogP contribution in [0.4, 0.5) is 0 Å². The molecule has 1 fully saturated rings. The number of nitrogens with zero attached hydrogens (tertiary/aromatic N) is 3. The molecule has 2 aromatic rings. The Labute approximate surface area is 153 Å². The van der Waals surface area contributed by atoms with Crippen molar-refractivity contribution in [1.29, 1.82) is 0 Å². The highest BCUT2D eigenvalue weighted by Crippen LogP contribution is 2.31. The summed E-state index contributed by atoms with van der Waals surface area (Å²) in [5.41, 5.74) is 0.693. The summed E-state index contributed by atoms with van der Waals surface area (Å²) < 4.78 is 41.8. The number of hydrogen-bond acceptors (Lipinski definition) is 7. The normalized spacial score (nSPS) is 15.8. The Morgan fingerprint density at radius 1 is 1.31 bits per heavy atom. The number of ether oxygens (including phenoxy) is 2. The van der Waals surface area contributed by atoms with E-state index in [0.29, 0.717) is 55.6 Å². The Bertz CT molecular complexity index is 830. The van der Waals surface area contributed by atoms with Crippen molar-refractivity contribution >= 4 is 10.0 Å². The Balaban J connectivity index is 1.66. The van der Waals surface area contributed by atoms with Crippen molar-refractivity contribution < 1.29 is 22.4 Å². The average molecular weight is 381 g/mol. The van der Waals surface area contributed by atoms with Crippen LogP contribution < -0.4 is 4.74 Å². The van der Waals surface area contributed by atoms with Gasteiger partial charge in [0.1, 0.15) is 11.9 Å². The molecular formula is C17H23N3O5S. The minimum absolute atomic E-state index is 0.169. The van der Waals surface area contributed by atoms with Gasteiger partial charge in [0.2, 0.25) is 10.0 Å². The number of sulfonamides is 1. The van der Waals surface area contributed by atoms with Crippen LogP contribution >= 0.6 is 0 Å². The van der Waals surface area contributed by atoms with E-state index in [1.54, 1.807) is 7.11 Å². The third kappa shape index (κ3) is 4.22. The molecule has 0 atom stereocenters. The number of hydrogen-bond donors (Lipinski definition) is 0. The maximum Gasteiger partial charge on any atom is 0.261 e. The van der Waals surface area contributed by atoms with Gasteiger partial charge in [0.25, 0.3) is 5.89 Å². The molecule has 142 valence electrons. The second-order valence-electron chi connectivity index (χ2n) is 6.13. The van der Waals surface area contributed by atoms with Gasteiger partial charge >= 0.3 is 0 Å². The molecule has 8 nitrogen and oxygen atoms in total. The topological polar surface area (TPSA) is 94.8 Å². The molecule has 3 rings (SSSR count). The van der Waals surface area contributed by atoms with Crippen molar-refractivity contribution in [3.05, 3.63) is 30.1 Å². The molecule has 2 heterocycles. The van der Waals surface area contributed by atoms with Crippen LogP contribution in [0.1, 0.15) is 19.2 Å². The Hall–Kier alpha value is -1.97. The maximum atomic E-state index is 12.0. The van der Waals surface area contributed by atoms with Crippen LogP contribution in [0.2, 0.25) is 0 Å². The minimum Gasteiger partial charge on any atom is -0.487 e. The van der Waals surface area contributed by atoms with Gasteiger partial charge in [-0.3, -0.25) is 0 Å². The Morgan fingerprint density at radius 3 is 2.81 bits per heavy atom. The Morgan fingerprint density at radius 2 is 2.08 bits per heavy atom.